The fourth-order valence-corrected chi connectivity index (χ4v) is 5.59. The SMILES string of the molecule is CCOC(=O)C1=C(C)NC2=C(C(=O)c3ccccc32)[C@@H]1c1cc(Cl)c(OCc2ccccc2Cl)c(Cl)c1. The van der Waals surface area contributed by atoms with Gasteiger partial charge in [0, 0.05) is 38.9 Å². The number of rotatable bonds is 6. The van der Waals surface area contributed by atoms with Crippen molar-refractivity contribution in [2.24, 2.45) is 0 Å². The zero-order valence-electron chi connectivity index (χ0n) is 20.0. The number of carbonyl (C=O) groups excluding carboxylic acids is 2. The lowest BCUT2D eigenvalue weighted by Gasteiger charge is -2.29. The molecule has 0 aromatic heterocycles. The monoisotopic (exact) mass is 553 g/mol. The summed E-state index contributed by atoms with van der Waals surface area (Å²) in [5, 5.41) is 4.34. The van der Waals surface area contributed by atoms with Crippen LogP contribution in [-0.2, 0) is 16.1 Å². The van der Waals surface area contributed by atoms with E-state index in [-0.39, 0.29) is 34.8 Å². The lowest BCUT2D eigenvalue weighted by molar-refractivity contribution is -0.138. The maximum Gasteiger partial charge on any atom is 0.336 e. The van der Waals surface area contributed by atoms with Gasteiger partial charge in [0.2, 0.25) is 0 Å². The zero-order chi connectivity index (χ0) is 26.3. The molecule has 8 heteroatoms. The predicted octanol–water partition coefficient (Wildman–Crippen LogP) is 7.36. The van der Waals surface area contributed by atoms with Crippen LogP contribution in [-0.4, -0.2) is 18.4 Å². The second-order valence-electron chi connectivity index (χ2n) is 8.67. The molecule has 0 saturated heterocycles. The molecule has 2 aliphatic rings. The summed E-state index contributed by atoms with van der Waals surface area (Å²) in [5.41, 5.74) is 4.76. The van der Waals surface area contributed by atoms with Gasteiger partial charge in [0.15, 0.2) is 11.5 Å². The summed E-state index contributed by atoms with van der Waals surface area (Å²) < 4.78 is 11.3. The number of esters is 1. The molecule has 1 N–H and O–H groups in total. The normalized spacial score (nSPS) is 16.4. The van der Waals surface area contributed by atoms with Gasteiger partial charge in [0.25, 0.3) is 0 Å². The summed E-state index contributed by atoms with van der Waals surface area (Å²) in [6.45, 7) is 3.89. The third kappa shape index (κ3) is 4.52. The smallest absolute Gasteiger partial charge is 0.336 e. The number of nitrogens with one attached hydrogen (secondary N) is 1. The van der Waals surface area contributed by atoms with Gasteiger partial charge in [-0.1, -0.05) is 77.3 Å². The molecule has 1 atom stereocenters. The maximum atomic E-state index is 13.6. The quantitative estimate of drug-likeness (QED) is 0.323. The Labute approximate surface area is 229 Å². The van der Waals surface area contributed by atoms with E-state index < -0.39 is 11.9 Å². The van der Waals surface area contributed by atoms with Crippen molar-refractivity contribution in [1.29, 1.82) is 0 Å². The highest BCUT2D eigenvalue weighted by Gasteiger charge is 2.43. The highest BCUT2D eigenvalue weighted by Crippen LogP contribution is 2.48. The minimum Gasteiger partial charge on any atom is -0.486 e. The van der Waals surface area contributed by atoms with Crippen LogP contribution >= 0.6 is 34.8 Å². The van der Waals surface area contributed by atoms with E-state index in [0.717, 1.165) is 11.1 Å². The fraction of sp³-hybridized carbons (Fsp3) is 0.172. The number of halogens is 3. The van der Waals surface area contributed by atoms with Crippen LogP contribution in [0.5, 0.6) is 5.75 Å². The molecule has 0 radical (unpaired) electrons. The first-order valence-electron chi connectivity index (χ1n) is 11.7. The Bertz CT molecular complexity index is 1490. The van der Waals surface area contributed by atoms with Crippen molar-refractivity contribution in [1.82, 2.24) is 5.32 Å². The number of carbonyl (C=O) groups is 2. The minimum atomic E-state index is -0.734. The van der Waals surface area contributed by atoms with Gasteiger partial charge in [-0.05, 0) is 37.6 Å². The van der Waals surface area contributed by atoms with Crippen LogP contribution in [0.25, 0.3) is 5.70 Å². The van der Waals surface area contributed by atoms with Gasteiger partial charge in [-0.3, -0.25) is 4.79 Å². The number of hydrogen-bond acceptors (Lipinski definition) is 5. The third-order valence-corrected chi connectivity index (χ3v) is 7.36. The Balaban J connectivity index is 1.59. The summed E-state index contributed by atoms with van der Waals surface area (Å²) in [5.74, 6) is -1.12. The Kier molecular flexibility index (Phi) is 7.04. The van der Waals surface area contributed by atoms with Crippen LogP contribution in [0.1, 0.15) is 46.8 Å². The molecular formula is C29H22Cl3NO4. The Morgan fingerprint density at radius 3 is 2.27 bits per heavy atom. The first kappa shape index (κ1) is 25.4. The third-order valence-electron chi connectivity index (χ3n) is 6.43. The van der Waals surface area contributed by atoms with Crippen molar-refractivity contribution in [3.05, 3.63) is 115 Å². The topological polar surface area (TPSA) is 64.6 Å². The first-order valence-corrected chi connectivity index (χ1v) is 12.8. The van der Waals surface area contributed by atoms with E-state index in [1.54, 1.807) is 38.1 Å². The Morgan fingerprint density at radius 1 is 0.946 bits per heavy atom. The van der Waals surface area contributed by atoms with E-state index in [1.165, 1.54) is 0 Å². The second-order valence-corrected chi connectivity index (χ2v) is 9.90. The molecule has 0 bridgehead atoms. The van der Waals surface area contributed by atoms with E-state index in [9.17, 15) is 9.59 Å². The summed E-state index contributed by atoms with van der Waals surface area (Å²) in [7, 11) is 0. The average Bonchev–Trinajstić information content (AvgIpc) is 3.15. The van der Waals surface area contributed by atoms with Crippen molar-refractivity contribution >= 4 is 52.3 Å². The van der Waals surface area contributed by atoms with E-state index in [2.05, 4.69) is 5.32 Å². The van der Waals surface area contributed by atoms with E-state index in [1.807, 2.05) is 36.4 Å². The first-order chi connectivity index (χ1) is 17.8. The maximum absolute atomic E-state index is 13.6. The summed E-state index contributed by atoms with van der Waals surface area (Å²) >= 11 is 19.6. The molecule has 1 aliphatic carbocycles. The molecule has 1 heterocycles. The van der Waals surface area contributed by atoms with Crippen LogP contribution in [0, 0.1) is 0 Å². The molecule has 5 nitrogen and oxygen atoms in total. The summed E-state index contributed by atoms with van der Waals surface area (Å²) in [6.07, 6.45) is 0. The molecule has 0 amide bonds. The molecule has 1 aliphatic heterocycles. The number of ketones is 1. The minimum absolute atomic E-state index is 0.163. The van der Waals surface area contributed by atoms with Crippen LogP contribution < -0.4 is 10.1 Å². The van der Waals surface area contributed by atoms with Gasteiger partial charge in [-0.15, -0.1) is 0 Å². The van der Waals surface area contributed by atoms with Crippen molar-refractivity contribution in [3.8, 4) is 5.75 Å². The number of fused-ring (bicyclic) bond motifs is 2. The van der Waals surface area contributed by atoms with Crippen LogP contribution in [0.15, 0.2) is 77.5 Å². The molecular weight excluding hydrogens is 533 g/mol. The fourth-order valence-electron chi connectivity index (χ4n) is 4.79. The van der Waals surface area contributed by atoms with Gasteiger partial charge in [-0.25, -0.2) is 4.79 Å². The standard InChI is InChI=1S/C29H22Cl3NO4/c1-3-36-29(35)23-15(2)33-26-18-9-5-6-10-19(18)27(34)25(26)24(23)17-12-21(31)28(22(32)13-17)37-14-16-8-4-7-11-20(16)30/h4-13,24,33H,3,14H2,1-2H3/t24-/m1/s1. The molecule has 37 heavy (non-hydrogen) atoms. The largest absolute Gasteiger partial charge is 0.486 e. The van der Waals surface area contributed by atoms with Crippen molar-refractivity contribution < 1.29 is 19.1 Å². The van der Waals surface area contributed by atoms with Gasteiger partial charge >= 0.3 is 5.97 Å². The van der Waals surface area contributed by atoms with Crippen LogP contribution in [0.2, 0.25) is 15.1 Å². The van der Waals surface area contributed by atoms with Gasteiger partial charge in [0.1, 0.15) is 6.61 Å². The van der Waals surface area contributed by atoms with Gasteiger partial charge < -0.3 is 14.8 Å². The van der Waals surface area contributed by atoms with Crippen molar-refractivity contribution in [2.75, 3.05) is 6.61 Å². The van der Waals surface area contributed by atoms with E-state index in [4.69, 9.17) is 44.3 Å². The molecule has 0 saturated carbocycles. The van der Waals surface area contributed by atoms with E-state index in [0.29, 0.717) is 38.7 Å². The number of Topliss-reactive ketones (excluding diaryl/α,β-unsaturated/α-hetero) is 1. The molecule has 3 aromatic carbocycles. The zero-order valence-corrected chi connectivity index (χ0v) is 22.3. The predicted molar refractivity (Wildman–Crippen MR) is 145 cm³/mol. The van der Waals surface area contributed by atoms with Crippen molar-refractivity contribution in [2.45, 2.75) is 26.4 Å². The van der Waals surface area contributed by atoms with Crippen LogP contribution in [0.3, 0.4) is 0 Å². The Hall–Kier alpha value is -3.25. The average molecular weight is 555 g/mol. The molecule has 0 unspecified atom stereocenters. The van der Waals surface area contributed by atoms with Gasteiger partial charge in [0.05, 0.1) is 27.9 Å². The molecule has 0 spiro atoms. The number of ether oxygens (including phenoxy) is 2. The molecule has 5 rings (SSSR count). The van der Waals surface area contributed by atoms with E-state index >= 15 is 0 Å². The van der Waals surface area contributed by atoms with Crippen LogP contribution in [0.4, 0.5) is 0 Å². The highest BCUT2D eigenvalue weighted by atomic mass is 35.5. The highest BCUT2D eigenvalue weighted by molar-refractivity contribution is 6.37. The summed E-state index contributed by atoms with van der Waals surface area (Å²) in [4.78, 5) is 26.7. The van der Waals surface area contributed by atoms with Gasteiger partial charge in [-0.2, -0.15) is 0 Å². The molecule has 0 fully saturated rings. The number of dihydropyridines is 1. The number of hydrogen-bond donors (Lipinski definition) is 1. The lowest BCUT2D eigenvalue weighted by atomic mass is 9.80. The molecule has 188 valence electrons. The lowest BCUT2D eigenvalue weighted by Crippen LogP contribution is -2.29. The number of allylic oxidation sites excluding steroid dienone is 2. The molecule has 3 aromatic rings. The summed E-state index contributed by atoms with van der Waals surface area (Å²) in [6, 6.07) is 18.0. The Morgan fingerprint density at radius 2 is 1.59 bits per heavy atom. The van der Waals surface area contributed by atoms with Crippen molar-refractivity contribution in [3.63, 3.8) is 0 Å². The second kappa shape index (κ2) is 10.3. The number of benzene rings is 3.